The van der Waals surface area contributed by atoms with Crippen molar-refractivity contribution in [1.29, 1.82) is 0 Å². The van der Waals surface area contributed by atoms with E-state index >= 15 is 0 Å². The van der Waals surface area contributed by atoms with Crippen LogP contribution in [0.3, 0.4) is 0 Å². The third-order valence-corrected chi connectivity index (χ3v) is 3.89. The highest BCUT2D eigenvalue weighted by Gasteiger charge is 2.19. The maximum atomic E-state index is 11.2. The molecule has 6 heteroatoms. The third-order valence-electron chi connectivity index (χ3n) is 2.43. The van der Waals surface area contributed by atoms with Gasteiger partial charge in [0.25, 0.3) is 0 Å². The van der Waals surface area contributed by atoms with Crippen molar-refractivity contribution in [3.63, 3.8) is 0 Å². The monoisotopic (exact) mass is 286 g/mol. The second kappa shape index (κ2) is 6.70. The van der Waals surface area contributed by atoms with Crippen LogP contribution in [0.1, 0.15) is 32.7 Å². The number of thiol groups is 1. The van der Waals surface area contributed by atoms with E-state index in [-0.39, 0.29) is 11.1 Å². The van der Waals surface area contributed by atoms with Crippen LogP contribution in [-0.4, -0.2) is 33.7 Å². The second-order valence-electron chi connectivity index (χ2n) is 3.65. The normalized spacial score (nSPS) is 10.3. The van der Waals surface area contributed by atoms with Crippen LogP contribution in [-0.2, 0) is 0 Å². The van der Waals surface area contributed by atoms with Crippen LogP contribution < -0.4 is 0 Å². The van der Waals surface area contributed by atoms with Gasteiger partial charge >= 0.3 is 11.9 Å². The van der Waals surface area contributed by atoms with Gasteiger partial charge in [0.15, 0.2) is 0 Å². The fourth-order valence-electron chi connectivity index (χ4n) is 1.55. The summed E-state index contributed by atoms with van der Waals surface area (Å²) in [5.41, 5.74) is 0.413. The van der Waals surface area contributed by atoms with Gasteiger partial charge in [0, 0.05) is 4.90 Å². The molecular formula is C12H14O4S2. The summed E-state index contributed by atoms with van der Waals surface area (Å²) in [6.07, 6.45) is 0.868. The number of hydrogen-bond acceptors (Lipinski definition) is 4. The Kier molecular flexibility index (Phi) is 5.55. The molecule has 0 atom stereocenters. The fourth-order valence-corrected chi connectivity index (χ4v) is 2.98. The SMILES string of the molecule is Cc1c(C(=O)O)ccc(SCCCS)c1C(=O)O. The lowest BCUT2D eigenvalue weighted by Crippen LogP contribution is -2.08. The topological polar surface area (TPSA) is 74.6 Å². The van der Waals surface area contributed by atoms with Crippen molar-refractivity contribution < 1.29 is 19.8 Å². The zero-order valence-electron chi connectivity index (χ0n) is 9.84. The summed E-state index contributed by atoms with van der Waals surface area (Å²) in [6.45, 7) is 1.52. The zero-order valence-corrected chi connectivity index (χ0v) is 11.6. The van der Waals surface area contributed by atoms with E-state index in [9.17, 15) is 14.7 Å². The zero-order chi connectivity index (χ0) is 13.7. The summed E-state index contributed by atoms with van der Waals surface area (Å²) in [5.74, 6) is -0.706. The molecule has 0 aliphatic rings. The molecule has 0 radical (unpaired) electrons. The molecule has 98 valence electrons. The molecule has 0 amide bonds. The summed E-state index contributed by atoms with van der Waals surface area (Å²) < 4.78 is 0. The molecule has 1 rings (SSSR count). The van der Waals surface area contributed by atoms with Crippen molar-refractivity contribution in [2.45, 2.75) is 18.2 Å². The van der Waals surface area contributed by atoms with Gasteiger partial charge in [-0.1, -0.05) is 0 Å². The number of carboxylic acid groups (broad SMARTS) is 2. The Balaban J connectivity index is 3.15. The van der Waals surface area contributed by atoms with Crippen molar-refractivity contribution in [3.05, 3.63) is 28.8 Å². The van der Waals surface area contributed by atoms with Crippen LogP contribution in [0, 0.1) is 6.92 Å². The van der Waals surface area contributed by atoms with Crippen LogP contribution in [0.2, 0.25) is 0 Å². The molecule has 4 nitrogen and oxygen atoms in total. The standard InChI is InChI=1S/C12H14O4S2/c1-7-8(11(13)14)3-4-9(10(7)12(15)16)18-6-2-5-17/h3-4,17H,2,5-6H2,1H3,(H,13,14)(H,15,16). The predicted molar refractivity (Wildman–Crippen MR) is 74.3 cm³/mol. The maximum absolute atomic E-state index is 11.2. The van der Waals surface area contributed by atoms with Crippen molar-refractivity contribution in [3.8, 4) is 0 Å². The van der Waals surface area contributed by atoms with E-state index in [1.165, 1.54) is 24.8 Å². The number of aromatic carboxylic acids is 2. The molecule has 0 saturated carbocycles. The first-order valence-corrected chi connectivity index (χ1v) is 6.94. The minimum absolute atomic E-state index is 0.0333. The average Bonchev–Trinajstić information content (AvgIpc) is 2.28. The van der Waals surface area contributed by atoms with Gasteiger partial charge in [-0.05, 0) is 42.5 Å². The van der Waals surface area contributed by atoms with E-state index in [1.54, 1.807) is 6.07 Å². The first-order chi connectivity index (χ1) is 8.49. The summed E-state index contributed by atoms with van der Waals surface area (Å²) in [7, 11) is 0. The van der Waals surface area contributed by atoms with Crippen molar-refractivity contribution in [1.82, 2.24) is 0 Å². The molecule has 2 N–H and O–H groups in total. The van der Waals surface area contributed by atoms with Gasteiger partial charge in [-0.25, -0.2) is 9.59 Å². The van der Waals surface area contributed by atoms with Crippen molar-refractivity contribution >= 4 is 36.3 Å². The highest BCUT2D eigenvalue weighted by atomic mass is 32.2. The smallest absolute Gasteiger partial charge is 0.337 e. The van der Waals surface area contributed by atoms with Gasteiger partial charge in [0.05, 0.1) is 11.1 Å². The first-order valence-electron chi connectivity index (χ1n) is 5.33. The van der Waals surface area contributed by atoms with Crippen LogP contribution in [0.25, 0.3) is 0 Å². The number of rotatable bonds is 6. The van der Waals surface area contributed by atoms with E-state index in [0.717, 1.165) is 17.9 Å². The number of thioether (sulfide) groups is 1. The molecule has 0 unspecified atom stereocenters. The number of carbonyl (C=O) groups is 2. The highest BCUT2D eigenvalue weighted by molar-refractivity contribution is 7.99. The summed E-state index contributed by atoms with van der Waals surface area (Å²) >= 11 is 5.50. The summed E-state index contributed by atoms with van der Waals surface area (Å²) in [5, 5.41) is 18.2. The molecule has 1 aromatic rings. The number of hydrogen-bond donors (Lipinski definition) is 3. The van der Waals surface area contributed by atoms with Crippen molar-refractivity contribution in [2.24, 2.45) is 0 Å². The first kappa shape index (κ1) is 14.9. The van der Waals surface area contributed by atoms with Gasteiger partial charge in [-0.3, -0.25) is 0 Å². The Hall–Kier alpha value is -1.14. The maximum Gasteiger partial charge on any atom is 0.337 e. The Labute approximate surface area is 115 Å². The molecule has 0 aliphatic heterocycles. The quantitative estimate of drug-likeness (QED) is 0.426. The van der Waals surface area contributed by atoms with Gasteiger partial charge in [-0.15, -0.1) is 11.8 Å². The Morgan fingerprint density at radius 1 is 1.28 bits per heavy atom. The van der Waals surface area contributed by atoms with Crippen LogP contribution in [0.15, 0.2) is 17.0 Å². The predicted octanol–water partition coefficient (Wildman–Crippen LogP) is 2.80. The van der Waals surface area contributed by atoms with E-state index in [1.807, 2.05) is 0 Å². The largest absolute Gasteiger partial charge is 0.478 e. The van der Waals surface area contributed by atoms with Crippen LogP contribution in [0.5, 0.6) is 0 Å². The minimum atomic E-state index is -1.11. The molecule has 0 spiro atoms. The molecule has 18 heavy (non-hydrogen) atoms. The van der Waals surface area contributed by atoms with Crippen molar-refractivity contribution in [2.75, 3.05) is 11.5 Å². The highest BCUT2D eigenvalue weighted by Crippen LogP contribution is 2.28. The molecule has 0 bridgehead atoms. The van der Waals surface area contributed by atoms with Crippen LogP contribution >= 0.6 is 24.4 Å². The van der Waals surface area contributed by atoms with E-state index in [4.69, 9.17) is 5.11 Å². The Bertz CT molecular complexity index is 471. The molecule has 0 heterocycles. The molecule has 0 aliphatic carbocycles. The third kappa shape index (κ3) is 3.43. The molecule has 0 saturated heterocycles. The number of carboxylic acids is 2. The Morgan fingerprint density at radius 2 is 1.94 bits per heavy atom. The molecular weight excluding hydrogens is 272 g/mol. The fraction of sp³-hybridized carbons (Fsp3) is 0.333. The lowest BCUT2D eigenvalue weighted by atomic mass is 10.0. The summed E-state index contributed by atoms with van der Waals surface area (Å²) in [6, 6.07) is 3.01. The van der Waals surface area contributed by atoms with E-state index < -0.39 is 11.9 Å². The molecule has 0 aromatic heterocycles. The van der Waals surface area contributed by atoms with Gasteiger partial charge < -0.3 is 10.2 Å². The number of benzene rings is 1. The summed E-state index contributed by atoms with van der Waals surface area (Å²) in [4.78, 5) is 22.8. The average molecular weight is 286 g/mol. The van der Waals surface area contributed by atoms with Crippen LogP contribution in [0.4, 0.5) is 0 Å². The van der Waals surface area contributed by atoms with Gasteiger partial charge in [0.1, 0.15) is 0 Å². The lowest BCUT2D eigenvalue weighted by molar-refractivity contribution is 0.0692. The second-order valence-corrected chi connectivity index (χ2v) is 5.23. The molecule has 0 fully saturated rings. The van der Waals surface area contributed by atoms with Gasteiger partial charge in [0.2, 0.25) is 0 Å². The van der Waals surface area contributed by atoms with E-state index in [2.05, 4.69) is 12.6 Å². The van der Waals surface area contributed by atoms with Gasteiger partial charge in [-0.2, -0.15) is 12.6 Å². The minimum Gasteiger partial charge on any atom is -0.478 e. The Morgan fingerprint density at radius 3 is 2.44 bits per heavy atom. The van der Waals surface area contributed by atoms with E-state index in [0.29, 0.717) is 10.5 Å². The lowest BCUT2D eigenvalue weighted by Gasteiger charge is -2.10. The molecule has 1 aromatic carbocycles.